The van der Waals surface area contributed by atoms with E-state index in [4.69, 9.17) is 21.4 Å². The lowest BCUT2D eigenvalue weighted by molar-refractivity contribution is 0.575. The normalized spacial score (nSPS) is 12.0. The third-order valence-electron chi connectivity index (χ3n) is 12.5. The van der Waals surface area contributed by atoms with E-state index in [-0.39, 0.29) is 11.9 Å². The smallest absolute Gasteiger partial charge is 0.225 e. The number of nitrogen functional groups attached to an aromatic ring is 2. The Labute approximate surface area is 385 Å². The first kappa shape index (κ1) is 42.1. The number of benzene rings is 4. The maximum absolute atomic E-state index is 5.95. The number of rotatable bonds is 14. The van der Waals surface area contributed by atoms with Crippen LogP contribution in [0.4, 0.5) is 11.9 Å². The van der Waals surface area contributed by atoms with E-state index in [1.807, 2.05) is 24.3 Å². The van der Waals surface area contributed by atoms with Crippen LogP contribution in [0, 0.1) is 0 Å². The Morgan fingerprint density at radius 1 is 0.364 bits per heavy atom. The van der Waals surface area contributed by atoms with E-state index in [1.54, 1.807) is 0 Å². The highest BCUT2D eigenvalue weighted by Gasteiger charge is 2.19. The summed E-state index contributed by atoms with van der Waals surface area (Å²) in [6, 6.07) is 46.8. The molecule has 4 aromatic heterocycles. The van der Waals surface area contributed by atoms with Gasteiger partial charge in [-0.2, -0.15) is 15.0 Å². The van der Waals surface area contributed by atoms with Crippen molar-refractivity contribution in [2.24, 2.45) is 0 Å². The van der Waals surface area contributed by atoms with Gasteiger partial charge in [0.2, 0.25) is 11.9 Å². The molecular weight excluding hydrogens is 811 g/mol. The second kappa shape index (κ2) is 19.1. The average molecular weight is 864 g/mol. The standard InChI is InChI=1S/C57H53N9/c1-2-3-4-5-6-7-8-11-16-37-21-23-40(24-22-37)53-47-33-29-43(60-47)51(38-17-12-9-13-18-38)45-31-35-49(62-45)54(41-25-27-42(28-26-41)55-64-56(58)66-57(59)65-55)50-36-32-46(63-50)52(39-19-14-10-15-20-39)44-30-34-48(53)61-44/h9-10,12-15,17-36,60,63H,2-8,11,16H2,1H3,(H4,58,59,64,65,66). The van der Waals surface area contributed by atoms with Crippen LogP contribution in [0.15, 0.2) is 133 Å². The molecule has 326 valence electrons. The summed E-state index contributed by atoms with van der Waals surface area (Å²) >= 11 is 0. The van der Waals surface area contributed by atoms with Crippen LogP contribution in [0.3, 0.4) is 0 Å². The minimum atomic E-state index is 0.0739. The molecule has 2 aliphatic rings. The predicted molar refractivity (Wildman–Crippen MR) is 275 cm³/mol. The van der Waals surface area contributed by atoms with Crippen molar-refractivity contribution >= 4 is 58.3 Å². The van der Waals surface area contributed by atoms with Crippen LogP contribution in [-0.4, -0.2) is 34.9 Å². The Morgan fingerprint density at radius 2 is 0.727 bits per heavy atom. The highest BCUT2D eigenvalue weighted by atomic mass is 15.1. The number of anilines is 2. The first-order valence-electron chi connectivity index (χ1n) is 23.2. The summed E-state index contributed by atoms with van der Waals surface area (Å²) in [6.07, 6.45) is 20.1. The van der Waals surface area contributed by atoms with E-state index in [2.05, 4.69) is 165 Å². The molecule has 0 spiro atoms. The summed E-state index contributed by atoms with van der Waals surface area (Å²) in [7, 11) is 0. The third-order valence-corrected chi connectivity index (χ3v) is 12.5. The largest absolute Gasteiger partial charge is 0.368 e. The average Bonchev–Trinajstić information content (AvgIpc) is 4.20. The quantitative estimate of drug-likeness (QED) is 0.0795. The number of unbranched alkanes of at least 4 members (excludes halogenated alkanes) is 7. The Kier molecular flexibility index (Phi) is 12.1. The van der Waals surface area contributed by atoms with Crippen molar-refractivity contribution in [1.29, 1.82) is 0 Å². The minimum Gasteiger partial charge on any atom is -0.368 e. The minimum absolute atomic E-state index is 0.0739. The lowest BCUT2D eigenvalue weighted by Crippen LogP contribution is -2.04. The number of aryl methyl sites for hydroxylation is 1. The fourth-order valence-electron chi connectivity index (χ4n) is 9.26. The zero-order valence-corrected chi connectivity index (χ0v) is 37.3. The van der Waals surface area contributed by atoms with Gasteiger partial charge in [-0.05, 0) is 89.2 Å². The maximum atomic E-state index is 5.95. The molecule has 2 aliphatic heterocycles. The second-order valence-corrected chi connectivity index (χ2v) is 17.1. The van der Waals surface area contributed by atoms with Crippen LogP contribution < -0.4 is 11.5 Å². The molecular formula is C57H53N9. The van der Waals surface area contributed by atoms with E-state index in [0.29, 0.717) is 5.82 Å². The highest BCUT2D eigenvalue weighted by Crippen LogP contribution is 2.39. The van der Waals surface area contributed by atoms with E-state index in [9.17, 15) is 0 Å². The summed E-state index contributed by atoms with van der Waals surface area (Å²) in [5.41, 5.74) is 29.4. The Morgan fingerprint density at radius 3 is 1.15 bits per heavy atom. The number of hydrogen-bond donors (Lipinski definition) is 4. The van der Waals surface area contributed by atoms with Gasteiger partial charge < -0.3 is 21.4 Å². The molecule has 8 bridgehead atoms. The molecule has 0 unspecified atom stereocenters. The van der Waals surface area contributed by atoms with Gasteiger partial charge in [-0.3, -0.25) is 0 Å². The number of nitrogens with two attached hydrogens (primary N) is 2. The molecule has 9 nitrogen and oxygen atoms in total. The van der Waals surface area contributed by atoms with Crippen LogP contribution >= 0.6 is 0 Å². The second-order valence-electron chi connectivity index (χ2n) is 17.1. The van der Waals surface area contributed by atoms with Crippen LogP contribution in [0.2, 0.25) is 0 Å². The molecule has 6 heterocycles. The molecule has 0 saturated carbocycles. The van der Waals surface area contributed by atoms with Gasteiger partial charge in [-0.25, -0.2) is 9.97 Å². The molecule has 0 aliphatic carbocycles. The van der Waals surface area contributed by atoms with Gasteiger partial charge >= 0.3 is 0 Å². The van der Waals surface area contributed by atoms with Gasteiger partial charge in [-0.15, -0.1) is 0 Å². The van der Waals surface area contributed by atoms with Crippen LogP contribution in [0.25, 0.3) is 102 Å². The van der Waals surface area contributed by atoms with Gasteiger partial charge in [0.05, 0.1) is 22.8 Å². The fourth-order valence-corrected chi connectivity index (χ4v) is 9.26. The van der Waals surface area contributed by atoms with Crippen molar-refractivity contribution in [2.45, 2.75) is 64.7 Å². The van der Waals surface area contributed by atoms with Gasteiger partial charge in [0.25, 0.3) is 0 Å². The molecule has 66 heavy (non-hydrogen) atoms. The third kappa shape index (κ3) is 8.93. The maximum Gasteiger partial charge on any atom is 0.225 e. The van der Waals surface area contributed by atoms with Crippen LogP contribution in [-0.2, 0) is 6.42 Å². The van der Waals surface area contributed by atoms with Crippen molar-refractivity contribution in [1.82, 2.24) is 34.9 Å². The Bertz CT molecular complexity index is 3180. The van der Waals surface area contributed by atoms with E-state index in [0.717, 1.165) is 101 Å². The predicted octanol–water partition coefficient (Wildman–Crippen LogP) is 14.0. The van der Waals surface area contributed by atoms with Gasteiger partial charge in [0.15, 0.2) is 5.82 Å². The summed E-state index contributed by atoms with van der Waals surface area (Å²) in [6.45, 7) is 2.28. The lowest BCUT2D eigenvalue weighted by atomic mass is 9.99. The van der Waals surface area contributed by atoms with Crippen molar-refractivity contribution in [3.05, 3.63) is 162 Å². The molecule has 6 N–H and O–H groups in total. The number of H-pyrrole nitrogens is 2. The van der Waals surface area contributed by atoms with Gasteiger partial charge in [0.1, 0.15) is 0 Å². The number of aromatic amines is 2. The monoisotopic (exact) mass is 863 g/mol. The molecule has 0 saturated heterocycles. The number of fused-ring (bicyclic) bond motifs is 8. The van der Waals surface area contributed by atoms with Crippen LogP contribution in [0.5, 0.6) is 0 Å². The number of nitrogens with one attached hydrogen (secondary N) is 2. The molecule has 8 aromatic rings. The number of aromatic nitrogens is 7. The molecule has 0 atom stereocenters. The highest BCUT2D eigenvalue weighted by molar-refractivity contribution is 6.00. The van der Waals surface area contributed by atoms with E-state index >= 15 is 0 Å². The zero-order valence-electron chi connectivity index (χ0n) is 37.3. The van der Waals surface area contributed by atoms with E-state index in [1.165, 1.54) is 56.9 Å². The molecule has 0 fully saturated rings. The Hall–Kier alpha value is -7.91. The first-order chi connectivity index (χ1) is 32.5. The van der Waals surface area contributed by atoms with Crippen molar-refractivity contribution < 1.29 is 0 Å². The SMILES string of the molecule is CCCCCCCCCCc1ccc(-c2c3nc(c(-c4ccccc4)c4ccc([nH]4)c(-c4ccc(-c5nc(N)nc(N)n5)cc4)c4nc(c(-c5ccccc5)c5ccc2[nH]5)C=C4)C=C3)cc1. The van der Waals surface area contributed by atoms with Gasteiger partial charge in [-0.1, -0.05) is 161 Å². The molecule has 0 amide bonds. The number of hydrogen-bond acceptors (Lipinski definition) is 7. The topological polar surface area (TPSA) is 148 Å². The lowest BCUT2D eigenvalue weighted by Gasteiger charge is -2.08. The fraction of sp³-hybridized carbons (Fsp3) is 0.175. The molecule has 4 aromatic carbocycles. The first-order valence-corrected chi connectivity index (χ1v) is 23.2. The van der Waals surface area contributed by atoms with Crippen molar-refractivity contribution in [3.63, 3.8) is 0 Å². The summed E-state index contributed by atoms with van der Waals surface area (Å²) in [5.74, 6) is 0.558. The van der Waals surface area contributed by atoms with Crippen molar-refractivity contribution in [3.8, 4) is 55.9 Å². The molecule has 10 rings (SSSR count). The molecule has 9 heteroatoms. The van der Waals surface area contributed by atoms with E-state index < -0.39 is 0 Å². The summed E-state index contributed by atoms with van der Waals surface area (Å²) < 4.78 is 0. The summed E-state index contributed by atoms with van der Waals surface area (Å²) in [5, 5.41) is 0. The Balaban J connectivity index is 1.17. The number of nitrogens with zero attached hydrogens (tertiary/aromatic N) is 5. The van der Waals surface area contributed by atoms with Gasteiger partial charge in [0, 0.05) is 49.9 Å². The summed E-state index contributed by atoms with van der Waals surface area (Å²) in [4.78, 5) is 31.3. The van der Waals surface area contributed by atoms with Crippen molar-refractivity contribution in [2.75, 3.05) is 11.5 Å². The van der Waals surface area contributed by atoms with Crippen LogP contribution in [0.1, 0.15) is 86.6 Å². The zero-order chi connectivity index (χ0) is 44.8. The molecule has 0 radical (unpaired) electrons.